The lowest BCUT2D eigenvalue weighted by Gasteiger charge is -2.11. The summed E-state index contributed by atoms with van der Waals surface area (Å²) in [6, 6.07) is 13.0. The number of thiazole rings is 1. The van der Waals surface area contributed by atoms with Crippen molar-refractivity contribution in [3.8, 4) is 11.5 Å². The fourth-order valence-electron chi connectivity index (χ4n) is 2.49. The Labute approximate surface area is 179 Å². The third-order valence-corrected chi connectivity index (χ3v) is 5.42. The number of ether oxygens (including phenoxy) is 2. The maximum absolute atomic E-state index is 12.1. The Morgan fingerprint density at radius 3 is 2.59 bits per heavy atom. The Bertz CT molecular complexity index is 1010. The number of carbonyl (C=O) groups is 1. The number of benzene rings is 2. The summed E-state index contributed by atoms with van der Waals surface area (Å²) in [6.07, 6.45) is 3.18. The Morgan fingerprint density at radius 2 is 1.93 bits per heavy atom. The lowest BCUT2D eigenvalue weighted by Crippen LogP contribution is -2.07. The van der Waals surface area contributed by atoms with Crippen molar-refractivity contribution in [1.82, 2.24) is 4.98 Å². The van der Waals surface area contributed by atoms with Gasteiger partial charge in [-0.1, -0.05) is 29.8 Å². The van der Waals surface area contributed by atoms with E-state index in [0.29, 0.717) is 28.3 Å². The molecule has 0 spiro atoms. The molecule has 0 aliphatic rings. The number of aryl methyl sites for hydroxylation is 2. The summed E-state index contributed by atoms with van der Waals surface area (Å²) in [7, 11) is 1.58. The minimum Gasteiger partial charge on any atom is -0.493 e. The van der Waals surface area contributed by atoms with Crippen molar-refractivity contribution in [2.45, 2.75) is 20.5 Å². The third kappa shape index (κ3) is 5.82. The zero-order valence-corrected chi connectivity index (χ0v) is 17.9. The van der Waals surface area contributed by atoms with E-state index in [9.17, 15) is 4.79 Å². The molecule has 0 unspecified atom stereocenters. The number of hydrogen-bond donors (Lipinski definition) is 1. The van der Waals surface area contributed by atoms with Gasteiger partial charge in [-0.3, -0.25) is 10.1 Å². The fraction of sp³-hybridized carbons (Fsp3) is 0.182. The normalized spacial score (nSPS) is 10.9. The molecule has 2 aromatic carbocycles. The van der Waals surface area contributed by atoms with Gasteiger partial charge >= 0.3 is 0 Å². The molecule has 0 bridgehead atoms. The standard InChI is InChI=1S/C22H21ClN2O3S/c1-14-15(2)29-22(24-14)25-21(26)11-7-16-6-10-19(20(12-16)27-3)28-13-17-4-8-18(23)9-5-17/h4-12H,13H2,1-3H3,(H,24,25,26)/b11-7+. The number of methoxy groups -OCH3 is 1. The van der Waals surface area contributed by atoms with Crippen molar-refractivity contribution < 1.29 is 14.3 Å². The second kappa shape index (κ2) is 9.58. The predicted molar refractivity (Wildman–Crippen MR) is 118 cm³/mol. The number of nitrogens with zero attached hydrogens (tertiary/aromatic N) is 1. The number of hydrogen-bond acceptors (Lipinski definition) is 5. The quantitative estimate of drug-likeness (QED) is 0.494. The number of amides is 1. The second-order valence-electron chi connectivity index (χ2n) is 6.31. The van der Waals surface area contributed by atoms with Crippen LogP contribution in [0.4, 0.5) is 5.13 Å². The van der Waals surface area contributed by atoms with Gasteiger partial charge in [0, 0.05) is 16.0 Å². The van der Waals surface area contributed by atoms with Gasteiger partial charge in [0.15, 0.2) is 16.6 Å². The Morgan fingerprint density at radius 1 is 1.17 bits per heavy atom. The van der Waals surface area contributed by atoms with Crippen LogP contribution in [0.2, 0.25) is 5.02 Å². The lowest BCUT2D eigenvalue weighted by molar-refractivity contribution is -0.111. The molecule has 1 amide bonds. The van der Waals surface area contributed by atoms with Gasteiger partial charge in [0.05, 0.1) is 12.8 Å². The van der Waals surface area contributed by atoms with Crippen LogP contribution in [-0.4, -0.2) is 18.0 Å². The van der Waals surface area contributed by atoms with E-state index >= 15 is 0 Å². The maximum atomic E-state index is 12.1. The molecule has 5 nitrogen and oxygen atoms in total. The molecule has 29 heavy (non-hydrogen) atoms. The van der Waals surface area contributed by atoms with Gasteiger partial charge in [-0.25, -0.2) is 4.98 Å². The third-order valence-electron chi connectivity index (χ3n) is 4.18. The molecule has 0 atom stereocenters. The first-order chi connectivity index (χ1) is 13.9. The van der Waals surface area contributed by atoms with Gasteiger partial charge in [-0.05, 0) is 55.3 Å². The van der Waals surface area contributed by atoms with E-state index in [2.05, 4.69) is 10.3 Å². The summed E-state index contributed by atoms with van der Waals surface area (Å²) in [5, 5.41) is 4.05. The van der Waals surface area contributed by atoms with Gasteiger partial charge in [0.2, 0.25) is 5.91 Å². The smallest absolute Gasteiger partial charge is 0.250 e. The van der Waals surface area contributed by atoms with Gasteiger partial charge < -0.3 is 9.47 Å². The van der Waals surface area contributed by atoms with Gasteiger partial charge in [-0.15, -0.1) is 11.3 Å². The summed E-state index contributed by atoms with van der Waals surface area (Å²) < 4.78 is 11.3. The molecular weight excluding hydrogens is 408 g/mol. The van der Waals surface area contributed by atoms with E-state index in [4.69, 9.17) is 21.1 Å². The Kier molecular flexibility index (Phi) is 6.90. The molecule has 0 aliphatic carbocycles. The topological polar surface area (TPSA) is 60.5 Å². The van der Waals surface area contributed by atoms with Crippen LogP contribution in [0, 0.1) is 13.8 Å². The molecule has 0 saturated heterocycles. The van der Waals surface area contributed by atoms with Gasteiger partial charge in [0.25, 0.3) is 0 Å². The largest absolute Gasteiger partial charge is 0.493 e. The van der Waals surface area contributed by atoms with Crippen molar-refractivity contribution in [2.24, 2.45) is 0 Å². The van der Waals surface area contributed by atoms with Gasteiger partial charge in [0.1, 0.15) is 6.61 Å². The van der Waals surface area contributed by atoms with E-state index < -0.39 is 0 Å². The lowest BCUT2D eigenvalue weighted by atomic mass is 10.2. The number of anilines is 1. The molecule has 0 fully saturated rings. The molecule has 0 radical (unpaired) electrons. The molecule has 3 rings (SSSR count). The molecule has 0 saturated carbocycles. The van der Waals surface area contributed by atoms with Crippen molar-refractivity contribution >= 4 is 40.1 Å². The summed E-state index contributed by atoms with van der Waals surface area (Å²) in [4.78, 5) is 17.5. The van der Waals surface area contributed by atoms with Crippen molar-refractivity contribution in [3.05, 3.63) is 75.3 Å². The van der Waals surface area contributed by atoms with Crippen LogP contribution in [0.15, 0.2) is 48.5 Å². The SMILES string of the molecule is COc1cc(/C=C/C(=O)Nc2nc(C)c(C)s2)ccc1OCc1ccc(Cl)cc1. The number of nitrogens with one attached hydrogen (secondary N) is 1. The second-order valence-corrected chi connectivity index (χ2v) is 7.95. The number of rotatable bonds is 7. The first kappa shape index (κ1) is 20.9. The van der Waals surface area contributed by atoms with E-state index in [0.717, 1.165) is 21.7 Å². The average molecular weight is 429 g/mol. The minimum absolute atomic E-state index is 0.235. The predicted octanol–water partition coefficient (Wildman–Crippen LogP) is 5.65. The number of halogens is 1. The highest BCUT2D eigenvalue weighted by molar-refractivity contribution is 7.15. The zero-order chi connectivity index (χ0) is 20.8. The minimum atomic E-state index is -0.235. The molecule has 150 valence electrons. The Balaban J connectivity index is 1.63. The summed E-state index contributed by atoms with van der Waals surface area (Å²) in [5.74, 6) is 0.978. The molecule has 1 aromatic heterocycles. The van der Waals surface area contributed by atoms with Crippen LogP contribution in [0.3, 0.4) is 0 Å². The molecule has 3 aromatic rings. The highest BCUT2D eigenvalue weighted by Gasteiger charge is 2.07. The summed E-state index contributed by atoms with van der Waals surface area (Å²) in [5.41, 5.74) is 2.75. The average Bonchev–Trinajstić information content (AvgIpc) is 3.03. The van der Waals surface area contributed by atoms with E-state index in [1.807, 2.05) is 56.3 Å². The van der Waals surface area contributed by atoms with Gasteiger partial charge in [-0.2, -0.15) is 0 Å². The van der Waals surface area contributed by atoms with E-state index in [-0.39, 0.29) is 5.91 Å². The van der Waals surface area contributed by atoms with Crippen LogP contribution in [0.1, 0.15) is 21.7 Å². The molecule has 1 N–H and O–H groups in total. The molecule has 1 heterocycles. The first-order valence-electron chi connectivity index (χ1n) is 8.93. The molecule has 0 aliphatic heterocycles. The van der Waals surface area contributed by atoms with Crippen LogP contribution < -0.4 is 14.8 Å². The zero-order valence-electron chi connectivity index (χ0n) is 16.4. The van der Waals surface area contributed by atoms with E-state index in [1.54, 1.807) is 13.2 Å². The summed E-state index contributed by atoms with van der Waals surface area (Å²) >= 11 is 7.36. The number of carbonyl (C=O) groups excluding carboxylic acids is 1. The van der Waals surface area contributed by atoms with Crippen molar-refractivity contribution in [3.63, 3.8) is 0 Å². The van der Waals surface area contributed by atoms with Crippen LogP contribution in [0.5, 0.6) is 11.5 Å². The molecule has 7 heteroatoms. The van der Waals surface area contributed by atoms with Crippen LogP contribution >= 0.6 is 22.9 Å². The highest BCUT2D eigenvalue weighted by atomic mass is 35.5. The Hall–Kier alpha value is -2.83. The monoisotopic (exact) mass is 428 g/mol. The van der Waals surface area contributed by atoms with Crippen LogP contribution in [0.25, 0.3) is 6.08 Å². The van der Waals surface area contributed by atoms with Crippen LogP contribution in [-0.2, 0) is 11.4 Å². The van der Waals surface area contributed by atoms with Crippen molar-refractivity contribution in [1.29, 1.82) is 0 Å². The first-order valence-corrected chi connectivity index (χ1v) is 10.1. The molecular formula is C22H21ClN2O3S. The maximum Gasteiger partial charge on any atom is 0.250 e. The van der Waals surface area contributed by atoms with E-state index in [1.165, 1.54) is 17.4 Å². The number of aromatic nitrogens is 1. The fourth-order valence-corrected chi connectivity index (χ4v) is 3.44. The van der Waals surface area contributed by atoms with Crippen molar-refractivity contribution in [2.75, 3.05) is 12.4 Å². The summed E-state index contributed by atoms with van der Waals surface area (Å²) in [6.45, 7) is 4.29. The highest BCUT2D eigenvalue weighted by Crippen LogP contribution is 2.29.